The second-order valence-electron chi connectivity index (χ2n) is 4.41. The zero-order chi connectivity index (χ0) is 14.2. The van der Waals surface area contributed by atoms with Crippen LogP contribution in [0, 0.1) is 27.2 Å². The Morgan fingerprint density at radius 3 is 2.16 bits per heavy atom. The lowest BCUT2D eigenvalue weighted by Gasteiger charge is -2.20. The molecule has 0 atom stereocenters. The van der Waals surface area contributed by atoms with Crippen molar-refractivity contribution in [3.8, 4) is 0 Å². The van der Waals surface area contributed by atoms with Gasteiger partial charge in [0.2, 0.25) is 0 Å². The quantitative estimate of drug-likeness (QED) is 0.629. The third-order valence-corrected chi connectivity index (χ3v) is 3.72. The predicted octanol–water partition coefficient (Wildman–Crippen LogP) is 3.07. The Morgan fingerprint density at radius 1 is 1.16 bits per heavy atom. The molecule has 0 bridgehead atoms. The van der Waals surface area contributed by atoms with Crippen LogP contribution in [0.2, 0.25) is 5.02 Å². The molecular weight excluding hydrogens is 274 g/mol. The highest BCUT2D eigenvalue weighted by Crippen LogP contribution is 2.42. The standard InChI is InChI=1S/C11H12ClN3O4/c1-7-10(12)8(14(16)17)6-9(15(18)19)11(7)13-4-2-3-5-13/h6H,2-5H2,1H3. The molecule has 0 N–H and O–H groups in total. The smallest absolute Gasteiger partial charge is 0.299 e. The molecule has 1 fully saturated rings. The van der Waals surface area contributed by atoms with Crippen molar-refractivity contribution in [3.05, 3.63) is 36.9 Å². The maximum Gasteiger partial charge on any atom is 0.299 e. The molecule has 1 saturated heterocycles. The SMILES string of the molecule is Cc1c(Cl)c([N+](=O)[O-])cc([N+](=O)[O-])c1N1CCCC1. The number of benzene rings is 1. The van der Waals surface area contributed by atoms with Crippen molar-refractivity contribution in [2.75, 3.05) is 18.0 Å². The van der Waals surface area contributed by atoms with Gasteiger partial charge >= 0.3 is 0 Å². The van der Waals surface area contributed by atoms with E-state index in [2.05, 4.69) is 0 Å². The van der Waals surface area contributed by atoms with Crippen LogP contribution in [0.25, 0.3) is 0 Å². The van der Waals surface area contributed by atoms with E-state index in [9.17, 15) is 20.2 Å². The predicted molar refractivity (Wildman–Crippen MR) is 70.9 cm³/mol. The number of hydrogen-bond donors (Lipinski definition) is 0. The normalized spacial score (nSPS) is 14.7. The monoisotopic (exact) mass is 285 g/mol. The Labute approximate surface area is 114 Å². The summed E-state index contributed by atoms with van der Waals surface area (Å²) in [6.07, 6.45) is 1.90. The molecule has 102 valence electrons. The summed E-state index contributed by atoms with van der Waals surface area (Å²) >= 11 is 5.96. The molecule has 1 heterocycles. The van der Waals surface area contributed by atoms with Gasteiger partial charge in [0.1, 0.15) is 10.7 Å². The van der Waals surface area contributed by atoms with Crippen LogP contribution in [0.4, 0.5) is 17.1 Å². The summed E-state index contributed by atoms with van der Waals surface area (Å²) in [7, 11) is 0. The van der Waals surface area contributed by atoms with Crippen molar-refractivity contribution in [1.29, 1.82) is 0 Å². The fourth-order valence-corrected chi connectivity index (χ4v) is 2.57. The highest BCUT2D eigenvalue weighted by Gasteiger charge is 2.31. The Morgan fingerprint density at radius 2 is 1.68 bits per heavy atom. The minimum Gasteiger partial charge on any atom is -0.366 e. The summed E-state index contributed by atoms with van der Waals surface area (Å²) in [6, 6.07) is 0.947. The summed E-state index contributed by atoms with van der Waals surface area (Å²) in [6.45, 7) is 2.99. The van der Waals surface area contributed by atoms with Crippen LogP contribution < -0.4 is 4.90 Å². The molecule has 19 heavy (non-hydrogen) atoms. The summed E-state index contributed by atoms with van der Waals surface area (Å²) in [4.78, 5) is 22.6. The molecule has 1 aliphatic rings. The largest absolute Gasteiger partial charge is 0.366 e. The molecule has 0 radical (unpaired) electrons. The van der Waals surface area contributed by atoms with E-state index in [1.807, 2.05) is 4.90 Å². The van der Waals surface area contributed by atoms with Crippen molar-refractivity contribution in [2.45, 2.75) is 19.8 Å². The van der Waals surface area contributed by atoms with E-state index < -0.39 is 15.5 Å². The van der Waals surface area contributed by atoms with Gasteiger partial charge in [0.25, 0.3) is 11.4 Å². The number of anilines is 1. The first-order valence-electron chi connectivity index (χ1n) is 5.80. The molecule has 1 aromatic rings. The molecule has 0 amide bonds. The first-order chi connectivity index (χ1) is 8.93. The van der Waals surface area contributed by atoms with Crippen LogP contribution in [-0.4, -0.2) is 22.9 Å². The fraction of sp³-hybridized carbons (Fsp3) is 0.455. The number of hydrogen-bond acceptors (Lipinski definition) is 5. The van der Waals surface area contributed by atoms with Crippen LogP contribution in [-0.2, 0) is 0 Å². The number of nitro groups is 2. The summed E-state index contributed by atoms with van der Waals surface area (Å²) < 4.78 is 0. The highest BCUT2D eigenvalue weighted by atomic mass is 35.5. The van der Waals surface area contributed by atoms with Crippen molar-refractivity contribution in [2.24, 2.45) is 0 Å². The first-order valence-corrected chi connectivity index (χ1v) is 6.18. The lowest BCUT2D eigenvalue weighted by molar-refractivity contribution is -0.393. The molecule has 0 aliphatic carbocycles. The van der Waals surface area contributed by atoms with Gasteiger partial charge in [0.15, 0.2) is 0 Å². The molecule has 1 aliphatic heterocycles. The minimum atomic E-state index is -0.698. The average Bonchev–Trinajstić information content (AvgIpc) is 2.84. The molecule has 1 aromatic carbocycles. The number of rotatable bonds is 3. The van der Waals surface area contributed by atoms with Gasteiger partial charge < -0.3 is 4.90 Å². The van der Waals surface area contributed by atoms with Crippen LogP contribution >= 0.6 is 11.6 Å². The molecule has 8 heteroatoms. The van der Waals surface area contributed by atoms with E-state index in [4.69, 9.17) is 11.6 Å². The topological polar surface area (TPSA) is 89.5 Å². The van der Waals surface area contributed by atoms with E-state index >= 15 is 0 Å². The second kappa shape index (κ2) is 5.00. The molecule has 0 saturated carbocycles. The van der Waals surface area contributed by atoms with Crippen LogP contribution in [0.1, 0.15) is 18.4 Å². The van der Waals surface area contributed by atoms with E-state index in [0.717, 1.165) is 18.9 Å². The third-order valence-electron chi connectivity index (χ3n) is 3.24. The Hall–Kier alpha value is -1.89. The fourth-order valence-electron chi connectivity index (χ4n) is 2.36. The van der Waals surface area contributed by atoms with Crippen LogP contribution in [0.5, 0.6) is 0 Å². The lowest BCUT2D eigenvalue weighted by Crippen LogP contribution is -2.20. The summed E-state index contributed by atoms with van der Waals surface area (Å²) in [5.41, 5.74) is 0.117. The van der Waals surface area contributed by atoms with Crippen molar-refractivity contribution in [1.82, 2.24) is 0 Å². The molecule has 7 nitrogen and oxygen atoms in total. The number of nitrogens with zero attached hydrogens (tertiary/aromatic N) is 3. The van der Waals surface area contributed by atoms with Crippen molar-refractivity contribution >= 4 is 28.7 Å². The maximum atomic E-state index is 11.1. The highest BCUT2D eigenvalue weighted by molar-refractivity contribution is 6.34. The number of nitro benzene ring substituents is 2. The zero-order valence-corrected chi connectivity index (χ0v) is 11.0. The van der Waals surface area contributed by atoms with E-state index in [-0.39, 0.29) is 10.7 Å². The van der Waals surface area contributed by atoms with Crippen molar-refractivity contribution < 1.29 is 9.85 Å². The van der Waals surface area contributed by atoms with Gasteiger partial charge in [-0.1, -0.05) is 11.6 Å². The van der Waals surface area contributed by atoms with E-state index in [1.165, 1.54) is 0 Å². The van der Waals surface area contributed by atoms with Crippen LogP contribution in [0.15, 0.2) is 6.07 Å². The van der Waals surface area contributed by atoms with Gasteiger partial charge in [-0.05, 0) is 19.8 Å². The molecule has 2 rings (SSSR count). The molecule has 0 unspecified atom stereocenters. The van der Waals surface area contributed by atoms with Gasteiger partial charge in [-0.2, -0.15) is 0 Å². The maximum absolute atomic E-state index is 11.1. The lowest BCUT2D eigenvalue weighted by atomic mass is 10.1. The van der Waals surface area contributed by atoms with Gasteiger partial charge in [-0.3, -0.25) is 20.2 Å². The Bertz CT molecular complexity index is 555. The van der Waals surface area contributed by atoms with Gasteiger partial charge in [0, 0.05) is 18.7 Å². The molecular formula is C11H12ClN3O4. The Balaban J connectivity index is 2.67. The Kier molecular flexibility index (Phi) is 3.57. The van der Waals surface area contributed by atoms with Crippen LogP contribution in [0.3, 0.4) is 0 Å². The van der Waals surface area contributed by atoms with E-state index in [0.29, 0.717) is 24.3 Å². The van der Waals surface area contributed by atoms with Gasteiger partial charge in [-0.25, -0.2) is 0 Å². The van der Waals surface area contributed by atoms with Gasteiger partial charge in [0.05, 0.1) is 15.9 Å². The van der Waals surface area contributed by atoms with E-state index in [1.54, 1.807) is 6.92 Å². The third kappa shape index (κ3) is 2.33. The second-order valence-corrected chi connectivity index (χ2v) is 4.79. The summed E-state index contributed by atoms with van der Waals surface area (Å²) in [5, 5.41) is 22.0. The zero-order valence-electron chi connectivity index (χ0n) is 10.3. The molecule has 0 spiro atoms. The first kappa shape index (κ1) is 13.5. The number of halogens is 1. The van der Waals surface area contributed by atoms with Gasteiger partial charge in [-0.15, -0.1) is 0 Å². The average molecular weight is 286 g/mol. The summed E-state index contributed by atoms with van der Waals surface area (Å²) in [5.74, 6) is 0. The minimum absolute atomic E-state index is 0.0301. The molecule has 0 aromatic heterocycles. The van der Waals surface area contributed by atoms with Crippen molar-refractivity contribution in [3.63, 3.8) is 0 Å².